The molecular weight excluding hydrogens is 426 g/mol. The summed E-state index contributed by atoms with van der Waals surface area (Å²) in [6.45, 7) is 2.18. The monoisotopic (exact) mass is 449 g/mol. The van der Waals surface area contributed by atoms with Crippen molar-refractivity contribution < 1.29 is 28.5 Å². The number of esters is 1. The molecule has 0 aliphatic carbocycles. The number of aromatic nitrogens is 1. The lowest BCUT2D eigenvalue weighted by molar-refractivity contribution is 0.0727. The summed E-state index contributed by atoms with van der Waals surface area (Å²) in [6.07, 6.45) is 4.51. The zero-order chi connectivity index (χ0) is 23.6. The van der Waals surface area contributed by atoms with Gasteiger partial charge in [-0.3, -0.25) is 9.78 Å². The van der Waals surface area contributed by atoms with Gasteiger partial charge in [-0.25, -0.2) is 10.2 Å². The molecule has 0 atom stereocenters. The Labute approximate surface area is 191 Å². The fourth-order valence-corrected chi connectivity index (χ4v) is 2.81. The van der Waals surface area contributed by atoms with Crippen molar-refractivity contribution >= 4 is 18.1 Å². The molecule has 1 heterocycles. The minimum Gasteiger partial charge on any atom is -0.493 e. The minimum absolute atomic E-state index is 0.245. The predicted molar refractivity (Wildman–Crippen MR) is 121 cm³/mol. The van der Waals surface area contributed by atoms with Gasteiger partial charge in [0.1, 0.15) is 0 Å². The molecule has 0 saturated heterocycles. The summed E-state index contributed by atoms with van der Waals surface area (Å²) in [5.41, 5.74) is 3.81. The van der Waals surface area contributed by atoms with Crippen molar-refractivity contribution in [2.45, 2.75) is 6.92 Å². The number of hydrogen-bond donors (Lipinski definition) is 1. The molecule has 3 rings (SSSR count). The predicted octanol–water partition coefficient (Wildman–Crippen LogP) is 3.48. The van der Waals surface area contributed by atoms with Crippen LogP contribution < -0.4 is 24.4 Å². The van der Waals surface area contributed by atoms with E-state index in [9.17, 15) is 9.59 Å². The molecule has 0 radical (unpaired) electrons. The van der Waals surface area contributed by atoms with Crippen LogP contribution in [0.5, 0.6) is 23.0 Å². The van der Waals surface area contributed by atoms with Gasteiger partial charge in [-0.15, -0.1) is 0 Å². The van der Waals surface area contributed by atoms with Crippen molar-refractivity contribution in [3.05, 3.63) is 77.6 Å². The van der Waals surface area contributed by atoms with Crippen molar-refractivity contribution in [2.75, 3.05) is 20.8 Å². The number of carbonyl (C=O) groups is 2. The first-order chi connectivity index (χ1) is 16.0. The topological polar surface area (TPSA) is 108 Å². The van der Waals surface area contributed by atoms with Gasteiger partial charge in [-0.1, -0.05) is 0 Å². The maximum absolute atomic E-state index is 12.7. The van der Waals surface area contributed by atoms with Gasteiger partial charge in [-0.05, 0) is 61.0 Å². The van der Waals surface area contributed by atoms with Gasteiger partial charge in [-0.2, -0.15) is 5.10 Å². The van der Waals surface area contributed by atoms with Gasteiger partial charge in [0.05, 0.1) is 32.6 Å². The van der Waals surface area contributed by atoms with Crippen molar-refractivity contribution in [3.63, 3.8) is 0 Å². The molecule has 0 saturated carbocycles. The second-order valence-electron chi connectivity index (χ2n) is 6.53. The number of hydrazone groups is 1. The highest BCUT2D eigenvalue weighted by Gasteiger charge is 2.16. The molecule has 9 heteroatoms. The van der Waals surface area contributed by atoms with Crippen LogP contribution in [0, 0.1) is 0 Å². The van der Waals surface area contributed by atoms with E-state index >= 15 is 0 Å². The molecule has 0 bridgehead atoms. The number of carbonyl (C=O) groups excluding carboxylic acids is 2. The van der Waals surface area contributed by atoms with Crippen molar-refractivity contribution in [3.8, 4) is 23.0 Å². The van der Waals surface area contributed by atoms with E-state index in [0.29, 0.717) is 40.5 Å². The van der Waals surface area contributed by atoms with E-state index < -0.39 is 5.97 Å². The molecule has 1 aromatic heterocycles. The van der Waals surface area contributed by atoms with Gasteiger partial charge in [0, 0.05) is 18.0 Å². The van der Waals surface area contributed by atoms with Crippen LogP contribution >= 0.6 is 0 Å². The van der Waals surface area contributed by atoms with Crippen LogP contribution in [0.1, 0.15) is 33.2 Å². The molecule has 0 spiro atoms. The third kappa shape index (κ3) is 6.07. The minimum atomic E-state index is -0.581. The van der Waals surface area contributed by atoms with E-state index in [1.807, 2.05) is 6.92 Å². The first-order valence-electron chi connectivity index (χ1n) is 10.00. The van der Waals surface area contributed by atoms with Gasteiger partial charge in [0.25, 0.3) is 5.91 Å². The quantitative estimate of drug-likeness (QED) is 0.231. The average molecular weight is 449 g/mol. The molecule has 33 heavy (non-hydrogen) atoms. The Kier molecular flexibility index (Phi) is 7.96. The Balaban J connectivity index is 1.73. The summed E-state index contributed by atoms with van der Waals surface area (Å²) in [7, 11) is 3.00. The number of ether oxygens (including phenoxy) is 4. The first kappa shape index (κ1) is 23.3. The van der Waals surface area contributed by atoms with Crippen LogP contribution in [-0.4, -0.2) is 43.9 Å². The molecule has 1 amide bonds. The van der Waals surface area contributed by atoms with Crippen molar-refractivity contribution in [1.82, 2.24) is 10.4 Å². The van der Waals surface area contributed by atoms with Crippen molar-refractivity contribution in [2.24, 2.45) is 5.10 Å². The highest BCUT2D eigenvalue weighted by molar-refractivity contribution is 5.95. The molecule has 0 aliphatic rings. The number of pyridine rings is 1. The second kappa shape index (κ2) is 11.3. The Hall–Kier alpha value is -4.40. The van der Waals surface area contributed by atoms with E-state index in [0.717, 1.165) is 0 Å². The van der Waals surface area contributed by atoms with Crippen LogP contribution in [0.3, 0.4) is 0 Å². The lowest BCUT2D eigenvalue weighted by Crippen LogP contribution is -2.17. The summed E-state index contributed by atoms with van der Waals surface area (Å²) < 4.78 is 21.6. The highest BCUT2D eigenvalue weighted by atomic mass is 16.6. The maximum atomic E-state index is 12.7. The highest BCUT2D eigenvalue weighted by Crippen LogP contribution is 2.31. The van der Waals surface area contributed by atoms with E-state index in [4.69, 9.17) is 18.9 Å². The third-order valence-electron chi connectivity index (χ3n) is 4.41. The van der Waals surface area contributed by atoms with Gasteiger partial charge in [0.2, 0.25) is 0 Å². The van der Waals surface area contributed by atoms with E-state index in [1.165, 1.54) is 38.9 Å². The van der Waals surface area contributed by atoms with E-state index in [-0.39, 0.29) is 11.7 Å². The zero-order valence-corrected chi connectivity index (χ0v) is 18.4. The first-order valence-corrected chi connectivity index (χ1v) is 10.00. The SMILES string of the molecule is CCOc1cc(C=NNC(=O)c2ccncc2)ccc1OC(=O)c1ccc(OC)c(OC)c1. The number of hydrogen-bond acceptors (Lipinski definition) is 8. The fraction of sp³-hybridized carbons (Fsp3) is 0.167. The number of nitrogens with zero attached hydrogens (tertiary/aromatic N) is 2. The molecule has 3 aromatic rings. The van der Waals surface area contributed by atoms with Gasteiger partial charge >= 0.3 is 5.97 Å². The number of rotatable bonds is 9. The summed E-state index contributed by atoms with van der Waals surface area (Å²) in [5.74, 6) is 0.577. The lowest BCUT2D eigenvalue weighted by atomic mass is 10.2. The van der Waals surface area contributed by atoms with Crippen LogP contribution in [0.4, 0.5) is 0 Å². The van der Waals surface area contributed by atoms with E-state index in [2.05, 4.69) is 15.5 Å². The Morgan fingerprint density at radius 1 is 0.909 bits per heavy atom. The third-order valence-corrected chi connectivity index (χ3v) is 4.41. The van der Waals surface area contributed by atoms with Gasteiger partial charge in [0.15, 0.2) is 23.0 Å². The fourth-order valence-electron chi connectivity index (χ4n) is 2.81. The van der Waals surface area contributed by atoms with Crippen LogP contribution in [0.15, 0.2) is 66.0 Å². The second-order valence-corrected chi connectivity index (χ2v) is 6.53. The van der Waals surface area contributed by atoms with Gasteiger partial charge < -0.3 is 18.9 Å². The van der Waals surface area contributed by atoms with Crippen LogP contribution in [0.25, 0.3) is 0 Å². The maximum Gasteiger partial charge on any atom is 0.343 e. The summed E-state index contributed by atoms with van der Waals surface area (Å²) in [4.78, 5) is 28.6. The molecule has 0 aliphatic heterocycles. The largest absolute Gasteiger partial charge is 0.493 e. The Bertz CT molecular complexity index is 1150. The van der Waals surface area contributed by atoms with E-state index in [1.54, 1.807) is 42.5 Å². The number of nitrogens with one attached hydrogen (secondary N) is 1. The summed E-state index contributed by atoms with van der Waals surface area (Å²) in [6, 6.07) is 12.8. The summed E-state index contributed by atoms with van der Waals surface area (Å²) in [5, 5.41) is 3.96. The lowest BCUT2D eigenvalue weighted by Gasteiger charge is -2.12. The molecule has 170 valence electrons. The Morgan fingerprint density at radius 3 is 2.33 bits per heavy atom. The zero-order valence-electron chi connectivity index (χ0n) is 18.4. The average Bonchev–Trinajstić information content (AvgIpc) is 2.85. The molecule has 9 nitrogen and oxygen atoms in total. The molecular formula is C24H23N3O6. The van der Waals surface area contributed by atoms with Crippen molar-refractivity contribution in [1.29, 1.82) is 0 Å². The van der Waals surface area contributed by atoms with Crippen LogP contribution in [-0.2, 0) is 0 Å². The molecule has 2 aromatic carbocycles. The smallest absolute Gasteiger partial charge is 0.343 e. The van der Waals surface area contributed by atoms with Crippen LogP contribution in [0.2, 0.25) is 0 Å². The number of methoxy groups -OCH3 is 2. The molecule has 0 unspecified atom stereocenters. The normalized spacial score (nSPS) is 10.5. The Morgan fingerprint density at radius 2 is 1.64 bits per heavy atom. The number of amides is 1. The number of benzene rings is 2. The summed E-state index contributed by atoms with van der Waals surface area (Å²) >= 11 is 0. The molecule has 0 fully saturated rings. The molecule has 1 N–H and O–H groups in total. The standard InChI is InChI=1S/C24H23N3O6/c1-4-32-22-13-16(15-26-27-23(28)17-9-11-25-12-10-17)5-7-20(22)33-24(29)18-6-8-19(30-2)21(14-18)31-3/h5-15H,4H2,1-3H3,(H,27,28).